The van der Waals surface area contributed by atoms with Crippen molar-refractivity contribution >= 4 is 43.9 Å². The molecule has 4 rings (SSSR count). The second kappa shape index (κ2) is 7.75. The maximum absolute atomic E-state index is 11.5. The molecule has 0 aliphatic carbocycles. The Bertz CT molecular complexity index is 1330. The molecule has 2 aromatic carbocycles. The summed E-state index contributed by atoms with van der Waals surface area (Å²) in [7, 11) is -3.10. The Morgan fingerprint density at radius 3 is 2.63 bits per heavy atom. The van der Waals surface area contributed by atoms with E-state index in [4.69, 9.17) is 0 Å². The van der Waals surface area contributed by atoms with Crippen LogP contribution in [0.1, 0.15) is 16.8 Å². The average molecular weight is 423 g/mol. The second-order valence-corrected chi connectivity index (χ2v) is 9.47. The molecule has 2 heterocycles. The number of anilines is 4. The molecule has 0 aliphatic rings. The Balaban J connectivity index is 1.56. The largest absolute Gasteiger partial charge is 0.340 e. The van der Waals surface area contributed by atoms with Crippen molar-refractivity contribution in [3.05, 3.63) is 65.5 Å². The van der Waals surface area contributed by atoms with Crippen LogP contribution in [-0.4, -0.2) is 34.8 Å². The van der Waals surface area contributed by atoms with E-state index < -0.39 is 9.84 Å². The van der Waals surface area contributed by atoms with Crippen molar-refractivity contribution in [2.75, 3.05) is 16.9 Å². The van der Waals surface area contributed by atoms with E-state index in [-0.39, 0.29) is 5.75 Å². The van der Waals surface area contributed by atoms with Gasteiger partial charge in [-0.1, -0.05) is 12.1 Å². The van der Waals surface area contributed by atoms with Crippen molar-refractivity contribution in [3.8, 4) is 0 Å². The molecule has 0 bridgehead atoms. The summed E-state index contributed by atoms with van der Waals surface area (Å²) < 4.78 is 23.1. The topological polar surface area (TPSA) is 113 Å². The molecule has 0 fully saturated rings. The maximum atomic E-state index is 11.5. The Labute approximate surface area is 174 Å². The first-order valence-electron chi connectivity index (χ1n) is 9.36. The molecule has 0 saturated carbocycles. The Morgan fingerprint density at radius 2 is 1.83 bits per heavy atom. The van der Waals surface area contributed by atoms with E-state index >= 15 is 0 Å². The van der Waals surface area contributed by atoms with Crippen LogP contribution in [0.3, 0.4) is 0 Å². The molecule has 0 unspecified atom stereocenters. The lowest BCUT2D eigenvalue weighted by Crippen LogP contribution is -2.04. The Morgan fingerprint density at radius 1 is 1.03 bits per heavy atom. The third-order valence-corrected chi connectivity index (χ3v) is 5.45. The number of hydrogen-bond acceptors (Lipinski definition) is 7. The number of aromatic nitrogens is 4. The molecule has 4 aromatic rings. The van der Waals surface area contributed by atoms with Crippen molar-refractivity contribution < 1.29 is 8.42 Å². The molecule has 3 N–H and O–H groups in total. The van der Waals surface area contributed by atoms with Gasteiger partial charge in [-0.15, -0.1) is 0 Å². The summed E-state index contributed by atoms with van der Waals surface area (Å²) in [6, 6.07) is 13.2. The maximum Gasteiger partial charge on any atom is 0.229 e. The fraction of sp³-hybridized carbons (Fsp3) is 0.190. The molecule has 0 aliphatic heterocycles. The van der Waals surface area contributed by atoms with Gasteiger partial charge in [0, 0.05) is 40.5 Å². The van der Waals surface area contributed by atoms with Gasteiger partial charge >= 0.3 is 0 Å². The van der Waals surface area contributed by atoms with Crippen LogP contribution in [0.25, 0.3) is 10.9 Å². The molecule has 0 saturated heterocycles. The van der Waals surface area contributed by atoms with Gasteiger partial charge in [0.2, 0.25) is 5.95 Å². The molecular formula is C21H22N6O2S. The lowest BCUT2D eigenvalue weighted by Gasteiger charge is -2.11. The molecule has 154 valence electrons. The summed E-state index contributed by atoms with van der Waals surface area (Å²) in [6.45, 7) is 3.91. The summed E-state index contributed by atoms with van der Waals surface area (Å²) in [4.78, 5) is 8.91. The third kappa shape index (κ3) is 4.57. The highest BCUT2D eigenvalue weighted by Crippen LogP contribution is 2.25. The van der Waals surface area contributed by atoms with Gasteiger partial charge in [-0.2, -0.15) is 10.1 Å². The van der Waals surface area contributed by atoms with Crippen molar-refractivity contribution in [1.29, 1.82) is 0 Å². The van der Waals surface area contributed by atoms with Crippen LogP contribution in [0.15, 0.2) is 48.7 Å². The highest BCUT2D eigenvalue weighted by Gasteiger charge is 2.09. The predicted molar refractivity (Wildman–Crippen MR) is 119 cm³/mol. The number of hydrogen-bond donors (Lipinski definition) is 3. The van der Waals surface area contributed by atoms with Gasteiger partial charge in [-0.3, -0.25) is 5.10 Å². The van der Waals surface area contributed by atoms with Crippen LogP contribution in [-0.2, 0) is 15.6 Å². The zero-order valence-corrected chi connectivity index (χ0v) is 17.7. The number of fused-ring (bicyclic) bond motifs is 1. The van der Waals surface area contributed by atoms with Crippen molar-refractivity contribution in [1.82, 2.24) is 20.2 Å². The number of nitrogens with zero attached hydrogens (tertiary/aromatic N) is 3. The number of aromatic amines is 1. The van der Waals surface area contributed by atoms with E-state index in [2.05, 4.69) is 30.8 Å². The fourth-order valence-corrected chi connectivity index (χ4v) is 3.94. The van der Waals surface area contributed by atoms with Crippen LogP contribution in [0, 0.1) is 13.8 Å². The van der Waals surface area contributed by atoms with Crippen LogP contribution in [0.4, 0.5) is 23.1 Å². The summed E-state index contributed by atoms with van der Waals surface area (Å²) in [6.07, 6.45) is 2.95. The molecule has 0 spiro atoms. The van der Waals surface area contributed by atoms with E-state index in [1.807, 2.05) is 38.1 Å². The number of H-pyrrole nitrogens is 1. The number of sulfone groups is 1. The average Bonchev–Trinajstić information content (AvgIpc) is 3.04. The fourth-order valence-electron chi connectivity index (χ4n) is 3.16. The lowest BCUT2D eigenvalue weighted by atomic mass is 10.2. The van der Waals surface area contributed by atoms with Crippen LogP contribution < -0.4 is 10.6 Å². The Kier molecular flexibility index (Phi) is 5.13. The number of rotatable bonds is 6. The van der Waals surface area contributed by atoms with Gasteiger partial charge in [0.15, 0.2) is 9.84 Å². The van der Waals surface area contributed by atoms with Gasteiger partial charge in [-0.05, 0) is 49.7 Å². The van der Waals surface area contributed by atoms with Gasteiger partial charge in [0.1, 0.15) is 5.82 Å². The standard InChI is InChI=1S/C21H22N6O2S/c1-13-11-22-21(24-16-6-4-5-15(9-16)12-30(3,28)29)25-20(13)23-17-7-8-18-14(2)26-27-19(18)10-17/h4-11H,12H2,1-3H3,(H,26,27)(H2,22,23,24,25). The molecule has 0 atom stereocenters. The molecule has 0 radical (unpaired) electrons. The number of benzene rings is 2. The minimum atomic E-state index is -3.10. The number of nitrogens with one attached hydrogen (secondary N) is 3. The second-order valence-electron chi connectivity index (χ2n) is 7.33. The molecular weight excluding hydrogens is 400 g/mol. The minimum Gasteiger partial charge on any atom is -0.340 e. The first-order chi connectivity index (χ1) is 14.3. The molecule has 0 amide bonds. The normalized spacial score (nSPS) is 11.6. The van der Waals surface area contributed by atoms with Crippen LogP contribution in [0.2, 0.25) is 0 Å². The monoisotopic (exact) mass is 422 g/mol. The molecule has 2 aromatic heterocycles. The van der Waals surface area contributed by atoms with E-state index in [0.29, 0.717) is 17.3 Å². The Hall–Kier alpha value is -3.46. The summed E-state index contributed by atoms with van der Waals surface area (Å²) >= 11 is 0. The van der Waals surface area contributed by atoms with Crippen LogP contribution in [0.5, 0.6) is 0 Å². The van der Waals surface area contributed by atoms with Gasteiger partial charge < -0.3 is 10.6 Å². The van der Waals surface area contributed by atoms with Crippen molar-refractivity contribution in [3.63, 3.8) is 0 Å². The smallest absolute Gasteiger partial charge is 0.229 e. The first kappa shape index (κ1) is 19.8. The molecule has 9 heteroatoms. The van der Waals surface area contributed by atoms with Gasteiger partial charge in [-0.25, -0.2) is 13.4 Å². The quantitative estimate of drug-likeness (QED) is 0.430. The predicted octanol–water partition coefficient (Wildman–Crippen LogP) is 4.00. The molecule has 8 nitrogen and oxygen atoms in total. The summed E-state index contributed by atoms with van der Waals surface area (Å²) in [5.41, 5.74) is 5.10. The van der Waals surface area contributed by atoms with E-state index in [1.54, 1.807) is 24.4 Å². The zero-order chi connectivity index (χ0) is 21.3. The number of aryl methyl sites for hydroxylation is 2. The highest BCUT2D eigenvalue weighted by atomic mass is 32.2. The van der Waals surface area contributed by atoms with E-state index in [9.17, 15) is 8.42 Å². The highest BCUT2D eigenvalue weighted by molar-refractivity contribution is 7.89. The zero-order valence-electron chi connectivity index (χ0n) is 16.9. The van der Waals surface area contributed by atoms with Crippen molar-refractivity contribution in [2.24, 2.45) is 0 Å². The first-order valence-corrected chi connectivity index (χ1v) is 11.4. The summed E-state index contributed by atoms with van der Waals surface area (Å²) in [5.74, 6) is 1.07. The molecule has 30 heavy (non-hydrogen) atoms. The minimum absolute atomic E-state index is 0.0147. The van der Waals surface area contributed by atoms with E-state index in [1.165, 1.54) is 6.26 Å². The lowest BCUT2D eigenvalue weighted by molar-refractivity contribution is 0.601. The van der Waals surface area contributed by atoms with Crippen LogP contribution >= 0.6 is 0 Å². The van der Waals surface area contributed by atoms with Gasteiger partial charge in [0.05, 0.1) is 11.3 Å². The SMILES string of the molecule is Cc1cnc(Nc2cccc(CS(C)(=O)=O)c2)nc1Nc1ccc2c(C)[nH]nc2c1. The van der Waals surface area contributed by atoms with Crippen molar-refractivity contribution in [2.45, 2.75) is 19.6 Å². The van der Waals surface area contributed by atoms with Gasteiger partial charge in [0.25, 0.3) is 0 Å². The van der Waals surface area contributed by atoms with E-state index in [0.717, 1.165) is 33.5 Å². The third-order valence-electron chi connectivity index (χ3n) is 4.59. The summed E-state index contributed by atoms with van der Waals surface area (Å²) in [5, 5.41) is 14.8.